The molecule has 0 aromatic heterocycles. The van der Waals surface area contributed by atoms with E-state index < -0.39 is 0 Å². The highest BCUT2D eigenvalue weighted by atomic mass is 15.1. The summed E-state index contributed by atoms with van der Waals surface area (Å²) >= 11 is 0. The van der Waals surface area contributed by atoms with Gasteiger partial charge in [-0.2, -0.15) is 0 Å². The Hall–Kier alpha value is -1.06. The quantitative estimate of drug-likeness (QED) is 0.788. The lowest BCUT2D eigenvalue weighted by molar-refractivity contribution is 0.225. The molecule has 0 radical (unpaired) electrons. The first kappa shape index (κ1) is 14.9. The molecule has 0 aliphatic carbocycles. The smallest absolute Gasteiger partial charge is 0.0418 e. The van der Waals surface area contributed by atoms with Gasteiger partial charge >= 0.3 is 0 Å². The summed E-state index contributed by atoms with van der Waals surface area (Å²) in [6.07, 6.45) is 7.98. The Morgan fingerprint density at radius 3 is 2.90 bits per heavy atom. The van der Waals surface area contributed by atoms with Crippen LogP contribution in [-0.2, 0) is 13.0 Å². The molecular formula is C18H29N3. The highest BCUT2D eigenvalue weighted by molar-refractivity contribution is 5.59. The van der Waals surface area contributed by atoms with Crippen molar-refractivity contribution in [3.8, 4) is 0 Å². The van der Waals surface area contributed by atoms with E-state index in [1.807, 2.05) is 0 Å². The molecule has 1 fully saturated rings. The summed E-state index contributed by atoms with van der Waals surface area (Å²) < 4.78 is 0. The van der Waals surface area contributed by atoms with Gasteiger partial charge in [-0.3, -0.25) is 0 Å². The molecule has 3 nitrogen and oxygen atoms in total. The zero-order chi connectivity index (χ0) is 14.3. The maximum absolute atomic E-state index is 3.62. The van der Waals surface area contributed by atoms with Gasteiger partial charge in [0.1, 0.15) is 0 Å². The molecule has 0 saturated carbocycles. The Labute approximate surface area is 129 Å². The number of nitrogens with zero attached hydrogens (tertiary/aromatic N) is 1. The van der Waals surface area contributed by atoms with E-state index in [2.05, 4.69) is 33.7 Å². The van der Waals surface area contributed by atoms with E-state index >= 15 is 0 Å². The van der Waals surface area contributed by atoms with Crippen LogP contribution in [0.15, 0.2) is 18.2 Å². The first-order valence-electron chi connectivity index (χ1n) is 8.71. The van der Waals surface area contributed by atoms with E-state index in [4.69, 9.17) is 0 Å². The lowest BCUT2D eigenvalue weighted by Gasteiger charge is -2.26. The number of anilines is 1. The number of hydrogen-bond acceptors (Lipinski definition) is 3. The van der Waals surface area contributed by atoms with E-state index in [0.717, 1.165) is 19.6 Å². The van der Waals surface area contributed by atoms with Crippen molar-refractivity contribution in [3.05, 3.63) is 29.3 Å². The molecule has 21 heavy (non-hydrogen) atoms. The molecule has 116 valence electrons. The zero-order valence-electron chi connectivity index (χ0n) is 13.2. The topological polar surface area (TPSA) is 27.3 Å². The maximum atomic E-state index is 3.62. The molecule has 0 unspecified atom stereocenters. The Kier molecular flexibility index (Phi) is 5.53. The normalized spacial score (nSPS) is 19.0. The van der Waals surface area contributed by atoms with E-state index in [1.165, 1.54) is 75.0 Å². The fourth-order valence-electron chi connectivity index (χ4n) is 3.56. The van der Waals surface area contributed by atoms with Crippen LogP contribution in [0.25, 0.3) is 0 Å². The molecule has 0 bridgehead atoms. The monoisotopic (exact) mass is 287 g/mol. The fourth-order valence-corrected chi connectivity index (χ4v) is 3.56. The molecule has 0 spiro atoms. The van der Waals surface area contributed by atoms with Crippen molar-refractivity contribution >= 4 is 5.69 Å². The van der Waals surface area contributed by atoms with Gasteiger partial charge in [0, 0.05) is 18.8 Å². The molecule has 2 aliphatic heterocycles. The lowest BCUT2D eigenvalue weighted by atomic mass is 9.99. The molecule has 1 aromatic carbocycles. The summed E-state index contributed by atoms with van der Waals surface area (Å²) in [5, 5.41) is 7.20. The molecule has 0 atom stereocenters. The predicted octanol–water partition coefficient (Wildman–Crippen LogP) is 3.01. The van der Waals surface area contributed by atoms with Gasteiger partial charge in [-0.05, 0) is 69.4 Å². The minimum absolute atomic E-state index is 0.996. The van der Waals surface area contributed by atoms with Crippen molar-refractivity contribution in [1.82, 2.24) is 10.2 Å². The second-order valence-electron chi connectivity index (χ2n) is 6.41. The molecule has 0 amide bonds. The molecule has 2 aliphatic rings. The van der Waals surface area contributed by atoms with Crippen LogP contribution >= 0.6 is 0 Å². The number of para-hydroxylation sites is 1. The molecule has 2 heterocycles. The average molecular weight is 287 g/mol. The minimum Gasteiger partial charge on any atom is -0.385 e. The Balaban J connectivity index is 1.39. The second-order valence-corrected chi connectivity index (χ2v) is 6.41. The Bertz CT molecular complexity index is 438. The highest BCUT2D eigenvalue weighted by Crippen LogP contribution is 2.25. The van der Waals surface area contributed by atoms with Crippen molar-refractivity contribution in [2.24, 2.45) is 0 Å². The standard InChI is InChI=1S/C18H29N3/c1-2-12-21(13-3-1)14-6-10-19-15-17-8-4-7-16-9-5-11-20-18(16)17/h4,7-8,19-20H,1-3,5-6,9-15H2. The summed E-state index contributed by atoms with van der Waals surface area (Å²) in [5.74, 6) is 0. The molecule has 2 N–H and O–H groups in total. The number of fused-ring (bicyclic) bond motifs is 1. The number of hydrogen-bond donors (Lipinski definition) is 2. The molecular weight excluding hydrogens is 258 g/mol. The Morgan fingerprint density at radius 1 is 1.10 bits per heavy atom. The number of nitrogens with one attached hydrogen (secondary N) is 2. The van der Waals surface area contributed by atoms with Gasteiger partial charge < -0.3 is 15.5 Å². The third-order valence-corrected chi connectivity index (χ3v) is 4.75. The lowest BCUT2D eigenvalue weighted by Crippen LogP contribution is -2.32. The molecule has 1 aromatic rings. The van der Waals surface area contributed by atoms with Crippen molar-refractivity contribution in [2.45, 2.75) is 45.1 Å². The summed E-state index contributed by atoms with van der Waals surface area (Å²) in [6.45, 7) is 7.14. The third kappa shape index (κ3) is 4.21. The van der Waals surface area contributed by atoms with Gasteiger partial charge in [0.15, 0.2) is 0 Å². The van der Waals surface area contributed by atoms with Crippen LogP contribution in [0, 0.1) is 0 Å². The van der Waals surface area contributed by atoms with E-state index in [1.54, 1.807) is 0 Å². The number of rotatable bonds is 6. The number of aryl methyl sites for hydroxylation is 1. The first-order valence-corrected chi connectivity index (χ1v) is 8.71. The van der Waals surface area contributed by atoms with E-state index in [-0.39, 0.29) is 0 Å². The van der Waals surface area contributed by atoms with Gasteiger partial charge in [0.25, 0.3) is 0 Å². The van der Waals surface area contributed by atoms with Crippen molar-refractivity contribution in [1.29, 1.82) is 0 Å². The number of likely N-dealkylation sites (tertiary alicyclic amines) is 1. The summed E-state index contributed by atoms with van der Waals surface area (Å²) in [5.41, 5.74) is 4.33. The van der Waals surface area contributed by atoms with E-state index in [9.17, 15) is 0 Å². The van der Waals surface area contributed by atoms with Gasteiger partial charge in [0.2, 0.25) is 0 Å². The van der Waals surface area contributed by atoms with Crippen LogP contribution in [0.4, 0.5) is 5.69 Å². The van der Waals surface area contributed by atoms with Gasteiger partial charge in [-0.25, -0.2) is 0 Å². The van der Waals surface area contributed by atoms with E-state index in [0.29, 0.717) is 0 Å². The van der Waals surface area contributed by atoms with Crippen LogP contribution in [-0.4, -0.2) is 37.6 Å². The second kappa shape index (κ2) is 7.81. The molecule has 1 saturated heterocycles. The first-order chi connectivity index (χ1) is 10.4. The van der Waals surface area contributed by atoms with Gasteiger partial charge in [-0.15, -0.1) is 0 Å². The summed E-state index contributed by atoms with van der Waals surface area (Å²) in [4.78, 5) is 2.62. The van der Waals surface area contributed by atoms with Crippen LogP contribution in [0.1, 0.15) is 43.2 Å². The van der Waals surface area contributed by atoms with Crippen molar-refractivity contribution < 1.29 is 0 Å². The molecule has 3 rings (SSSR count). The van der Waals surface area contributed by atoms with Crippen LogP contribution in [0.5, 0.6) is 0 Å². The van der Waals surface area contributed by atoms with Gasteiger partial charge in [0.05, 0.1) is 0 Å². The van der Waals surface area contributed by atoms with Crippen molar-refractivity contribution in [3.63, 3.8) is 0 Å². The van der Waals surface area contributed by atoms with Crippen LogP contribution < -0.4 is 10.6 Å². The highest BCUT2D eigenvalue weighted by Gasteiger charge is 2.12. The Morgan fingerprint density at radius 2 is 2.00 bits per heavy atom. The minimum atomic E-state index is 0.996. The predicted molar refractivity (Wildman–Crippen MR) is 89.9 cm³/mol. The average Bonchev–Trinajstić information content (AvgIpc) is 2.56. The third-order valence-electron chi connectivity index (χ3n) is 4.75. The SMILES string of the molecule is c1cc2c(c(CNCCCN3CCCCC3)c1)NCCC2. The fraction of sp³-hybridized carbons (Fsp3) is 0.667. The van der Waals surface area contributed by atoms with Gasteiger partial charge in [-0.1, -0.05) is 24.6 Å². The van der Waals surface area contributed by atoms with Crippen LogP contribution in [0.3, 0.4) is 0 Å². The maximum Gasteiger partial charge on any atom is 0.0418 e. The van der Waals surface area contributed by atoms with Crippen molar-refractivity contribution in [2.75, 3.05) is 38.0 Å². The van der Waals surface area contributed by atoms with Crippen LogP contribution in [0.2, 0.25) is 0 Å². The number of piperidine rings is 1. The number of benzene rings is 1. The largest absolute Gasteiger partial charge is 0.385 e. The molecule has 3 heteroatoms. The zero-order valence-corrected chi connectivity index (χ0v) is 13.2. The summed E-state index contributed by atoms with van der Waals surface area (Å²) in [6, 6.07) is 6.73. The summed E-state index contributed by atoms with van der Waals surface area (Å²) in [7, 11) is 0.